The first-order chi connectivity index (χ1) is 9.95. The molecule has 2 aromatic carbocycles. The third-order valence-electron chi connectivity index (χ3n) is 3.12. The maximum Gasteiger partial charge on any atom is 0.237 e. The van der Waals surface area contributed by atoms with Crippen molar-refractivity contribution in [2.45, 2.75) is 30.9 Å². The number of rotatable bonds is 4. The van der Waals surface area contributed by atoms with E-state index in [1.165, 1.54) is 35.0 Å². The van der Waals surface area contributed by atoms with Crippen molar-refractivity contribution < 1.29 is 9.18 Å². The molecular formula is C17H18FNOS. The number of nitrogens with one attached hydrogen (secondary N) is 1. The van der Waals surface area contributed by atoms with E-state index in [0.29, 0.717) is 5.69 Å². The van der Waals surface area contributed by atoms with Crippen LogP contribution in [0.2, 0.25) is 0 Å². The van der Waals surface area contributed by atoms with Gasteiger partial charge in [-0.25, -0.2) is 4.39 Å². The molecule has 1 N–H and O–H groups in total. The molecule has 21 heavy (non-hydrogen) atoms. The Labute approximate surface area is 128 Å². The molecule has 1 amide bonds. The Balaban J connectivity index is 2.00. The zero-order chi connectivity index (χ0) is 15.4. The Kier molecular flexibility index (Phi) is 5.02. The predicted molar refractivity (Wildman–Crippen MR) is 86.3 cm³/mol. The molecule has 0 saturated heterocycles. The Morgan fingerprint density at radius 1 is 1.14 bits per heavy atom. The molecule has 2 rings (SSSR count). The lowest BCUT2D eigenvalue weighted by atomic mass is 10.2. The van der Waals surface area contributed by atoms with Crippen molar-refractivity contribution >= 4 is 23.4 Å². The third-order valence-corrected chi connectivity index (χ3v) is 4.39. The standard InChI is InChI=1S/C17H18FNOS/c1-11-4-9-16(12(2)10-11)21-13(3)17(20)19-15-7-5-14(18)6-8-15/h4-10,13H,1-3H3,(H,19,20)/t13-/m1/s1. The lowest BCUT2D eigenvalue weighted by Crippen LogP contribution is -2.22. The van der Waals surface area contributed by atoms with Gasteiger partial charge in [-0.3, -0.25) is 4.79 Å². The van der Waals surface area contributed by atoms with Crippen LogP contribution >= 0.6 is 11.8 Å². The molecular weight excluding hydrogens is 285 g/mol. The minimum Gasteiger partial charge on any atom is -0.325 e. The van der Waals surface area contributed by atoms with Gasteiger partial charge in [0.15, 0.2) is 0 Å². The van der Waals surface area contributed by atoms with Gasteiger partial charge in [0, 0.05) is 10.6 Å². The van der Waals surface area contributed by atoms with Crippen molar-refractivity contribution in [1.82, 2.24) is 0 Å². The number of thioether (sulfide) groups is 1. The molecule has 2 nitrogen and oxygen atoms in total. The molecule has 0 aliphatic heterocycles. The van der Waals surface area contributed by atoms with E-state index in [0.717, 1.165) is 4.90 Å². The molecule has 0 aliphatic rings. The van der Waals surface area contributed by atoms with E-state index in [1.807, 2.05) is 32.9 Å². The van der Waals surface area contributed by atoms with Crippen molar-refractivity contribution in [2.24, 2.45) is 0 Å². The number of amides is 1. The molecule has 0 heterocycles. The molecule has 0 unspecified atom stereocenters. The summed E-state index contributed by atoms with van der Waals surface area (Å²) in [5.41, 5.74) is 2.98. The lowest BCUT2D eigenvalue weighted by molar-refractivity contribution is -0.115. The fourth-order valence-corrected chi connectivity index (χ4v) is 2.89. The summed E-state index contributed by atoms with van der Waals surface area (Å²) in [7, 11) is 0. The molecule has 0 fully saturated rings. The summed E-state index contributed by atoms with van der Waals surface area (Å²) in [4.78, 5) is 13.3. The van der Waals surface area contributed by atoms with Gasteiger partial charge >= 0.3 is 0 Å². The van der Waals surface area contributed by atoms with Gasteiger partial charge in [-0.1, -0.05) is 17.7 Å². The van der Waals surface area contributed by atoms with Crippen LogP contribution in [-0.4, -0.2) is 11.2 Å². The monoisotopic (exact) mass is 303 g/mol. The number of carbonyl (C=O) groups is 1. The molecule has 1 atom stereocenters. The van der Waals surface area contributed by atoms with E-state index >= 15 is 0 Å². The maximum atomic E-state index is 12.8. The number of carbonyl (C=O) groups excluding carboxylic acids is 1. The Hall–Kier alpha value is -1.81. The van der Waals surface area contributed by atoms with Crippen LogP contribution < -0.4 is 5.32 Å². The molecule has 0 saturated carbocycles. The van der Waals surface area contributed by atoms with Crippen molar-refractivity contribution in [2.75, 3.05) is 5.32 Å². The SMILES string of the molecule is Cc1ccc(S[C@H](C)C(=O)Nc2ccc(F)cc2)c(C)c1. The summed E-state index contributed by atoms with van der Waals surface area (Å²) in [5, 5.41) is 2.57. The van der Waals surface area contributed by atoms with Crippen LogP contribution in [0.15, 0.2) is 47.4 Å². The molecule has 2 aromatic rings. The van der Waals surface area contributed by atoms with Crippen molar-refractivity contribution in [1.29, 1.82) is 0 Å². The first-order valence-corrected chi connectivity index (χ1v) is 7.64. The van der Waals surface area contributed by atoms with Crippen molar-refractivity contribution in [3.8, 4) is 0 Å². The number of hydrogen-bond acceptors (Lipinski definition) is 2. The van der Waals surface area contributed by atoms with Gasteiger partial charge in [0.25, 0.3) is 0 Å². The quantitative estimate of drug-likeness (QED) is 0.839. The summed E-state index contributed by atoms with van der Waals surface area (Å²) in [5.74, 6) is -0.405. The highest BCUT2D eigenvalue weighted by Gasteiger charge is 2.15. The van der Waals surface area contributed by atoms with E-state index in [4.69, 9.17) is 0 Å². The minimum absolute atomic E-state index is 0.0911. The summed E-state index contributed by atoms with van der Waals surface area (Å²) in [6.45, 7) is 5.95. The molecule has 0 aliphatic carbocycles. The number of halogens is 1. The second kappa shape index (κ2) is 6.76. The number of hydrogen-bond donors (Lipinski definition) is 1. The van der Waals surface area contributed by atoms with Gasteiger partial charge in [0.05, 0.1) is 5.25 Å². The highest BCUT2D eigenvalue weighted by Crippen LogP contribution is 2.27. The van der Waals surface area contributed by atoms with E-state index in [9.17, 15) is 9.18 Å². The molecule has 0 aromatic heterocycles. The van der Waals surface area contributed by atoms with Crippen LogP contribution in [-0.2, 0) is 4.79 Å². The summed E-state index contributed by atoms with van der Waals surface area (Å²) in [6.07, 6.45) is 0. The topological polar surface area (TPSA) is 29.1 Å². The summed E-state index contributed by atoms with van der Waals surface area (Å²) in [6, 6.07) is 12.0. The van der Waals surface area contributed by atoms with Gasteiger partial charge in [-0.15, -0.1) is 11.8 Å². The van der Waals surface area contributed by atoms with Crippen LogP contribution in [0.4, 0.5) is 10.1 Å². The van der Waals surface area contributed by atoms with Crippen LogP contribution in [0.5, 0.6) is 0 Å². The Morgan fingerprint density at radius 3 is 2.43 bits per heavy atom. The number of aryl methyl sites for hydroxylation is 2. The lowest BCUT2D eigenvalue weighted by Gasteiger charge is -2.14. The van der Waals surface area contributed by atoms with E-state index in [1.54, 1.807) is 12.1 Å². The summed E-state index contributed by atoms with van der Waals surface area (Å²) >= 11 is 1.52. The van der Waals surface area contributed by atoms with Gasteiger partial charge in [0.2, 0.25) is 5.91 Å². The molecule has 0 radical (unpaired) electrons. The second-order valence-corrected chi connectivity index (χ2v) is 6.41. The molecule has 110 valence electrons. The van der Waals surface area contributed by atoms with Crippen LogP contribution in [0.1, 0.15) is 18.1 Å². The van der Waals surface area contributed by atoms with E-state index in [2.05, 4.69) is 11.4 Å². The fraction of sp³-hybridized carbons (Fsp3) is 0.235. The van der Waals surface area contributed by atoms with Crippen LogP contribution in [0, 0.1) is 19.7 Å². The average molecular weight is 303 g/mol. The number of benzene rings is 2. The van der Waals surface area contributed by atoms with Crippen LogP contribution in [0.3, 0.4) is 0 Å². The summed E-state index contributed by atoms with van der Waals surface area (Å²) < 4.78 is 12.8. The first-order valence-electron chi connectivity index (χ1n) is 6.76. The van der Waals surface area contributed by atoms with E-state index < -0.39 is 0 Å². The fourth-order valence-electron chi connectivity index (χ4n) is 1.95. The number of anilines is 1. The van der Waals surface area contributed by atoms with Gasteiger partial charge in [-0.05, 0) is 56.7 Å². The zero-order valence-corrected chi connectivity index (χ0v) is 13.1. The van der Waals surface area contributed by atoms with Gasteiger partial charge < -0.3 is 5.32 Å². The smallest absolute Gasteiger partial charge is 0.237 e. The first kappa shape index (κ1) is 15.6. The highest BCUT2D eigenvalue weighted by atomic mass is 32.2. The molecule has 0 bridgehead atoms. The predicted octanol–water partition coefficient (Wildman–Crippen LogP) is 4.56. The largest absolute Gasteiger partial charge is 0.325 e. The van der Waals surface area contributed by atoms with Crippen LogP contribution in [0.25, 0.3) is 0 Å². The molecule has 4 heteroatoms. The second-order valence-electron chi connectivity index (χ2n) is 5.03. The van der Waals surface area contributed by atoms with Crippen molar-refractivity contribution in [3.63, 3.8) is 0 Å². The third kappa shape index (κ3) is 4.33. The van der Waals surface area contributed by atoms with Crippen molar-refractivity contribution in [3.05, 3.63) is 59.4 Å². The normalized spacial score (nSPS) is 12.0. The maximum absolute atomic E-state index is 12.8. The average Bonchev–Trinajstić information content (AvgIpc) is 2.44. The Bertz CT molecular complexity index is 640. The minimum atomic E-state index is -0.314. The zero-order valence-electron chi connectivity index (χ0n) is 12.3. The Morgan fingerprint density at radius 2 is 1.81 bits per heavy atom. The van der Waals surface area contributed by atoms with Gasteiger partial charge in [0.1, 0.15) is 5.82 Å². The molecule has 0 spiro atoms. The highest BCUT2D eigenvalue weighted by molar-refractivity contribution is 8.00. The van der Waals surface area contributed by atoms with E-state index in [-0.39, 0.29) is 17.0 Å². The van der Waals surface area contributed by atoms with Gasteiger partial charge in [-0.2, -0.15) is 0 Å².